The van der Waals surface area contributed by atoms with Crippen molar-refractivity contribution in [2.45, 2.75) is 6.18 Å². The molecule has 0 aliphatic carbocycles. The van der Waals surface area contributed by atoms with Crippen LogP contribution in [0.15, 0.2) is 55.0 Å². The first-order valence-electron chi connectivity index (χ1n) is 5.72. The molecule has 0 radical (unpaired) electrons. The van der Waals surface area contributed by atoms with E-state index in [1.165, 1.54) is 0 Å². The summed E-state index contributed by atoms with van der Waals surface area (Å²) in [6.45, 7) is 0. The molecule has 0 spiro atoms. The van der Waals surface area contributed by atoms with Gasteiger partial charge in [-0.3, -0.25) is 4.98 Å². The zero-order valence-corrected chi connectivity index (χ0v) is 10.3. The summed E-state index contributed by atoms with van der Waals surface area (Å²) in [5, 5.41) is 0. The fraction of sp³-hybridized carbons (Fsp3) is 0.0714. The lowest BCUT2D eigenvalue weighted by Crippen LogP contribution is -2.13. The second-order valence-electron chi connectivity index (χ2n) is 3.82. The number of nitrogens with zero attached hydrogens (tertiary/aromatic N) is 1. The van der Waals surface area contributed by atoms with Gasteiger partial charge in [-0.1, -0.05) is 18.2 Å². The average molecular weight is 280 g/mol. The number of para-hydroxylation sites is 1. The predicted molar refractivity (Wildman–Crippen MR) is 68.5 cm³/mol. The van der Waals surface area contributed by atoms with E-state index in [2.05, 4.69) is 10.5 Å². The molecule has 3 rings (SSSR count). The first kappa shape index (κ1) is 13.9. The summed E-state index contributed by atoms with van der Waals surface area (Å²) in [7, 11) is 0. The van der Waals surface area contributed by atoms with Gasteiger partial charge in [0.05, 0.1) is 5.56 Å². The van der Waals surface area contributed by atoms with E-state index in [0.29, 0.717) is 0 Å². The Morgan fingerprint density at radius 3 is 2.30 bits per heavy atom. The highest BCUT2D eigenvalue weighted by Crippen LogP contribution is 2.27. The number of pyridine rings is 1. The van der Waals surface area contributed by atoms with Gasteiger partial charge in [0.15, 0.2) is 5.75 Å². The summed E-state index contributed by atoms with van der Waals surface area (Å²) in [5.74, 6) is 0.880. The summed E-state index contributed by atoms with van der Waals surface area (Å²) in [6, 6.07) is 9.72. The number of benzene rings is 1. The van der Waals surface area contributed by atoms with Crippen molar-refractivity contribution in [2.24, 2.45) is 0 Å². The van der Waals surface area contributed by atoms with Crippen molar-refractivity contribution in [1.82, 2.24) is 10.5 Å². The Morgan fingerprint density at radius 1 is 1.00 bits per heavy atom. The van der Waals surface area contributed by atoms with Crippen molar-refractivity contribution in [3.63, 3.8) is 0 Å². The van der Waals surface area contributed by atoms with Crippen molar-refractivity contribution in [3.8, 4) is 5.75 Å². The van der Waals surface area contributed by atoms with Crippen LogP contribution in [0.3, 0.4) is 0 Å². The van der Waals surface area contributed by atoms with Crippen LogP contribution >= 0.6 is 0 Å². The predicted octanol–water partition coefficient (Wildman–Crippen LogP) is 3.65. The lowest BCUT2D eigenvalue weighted by molar-refractivity contribution is -0.137. The maximum absolute atomic E-state index is 11.8. The minimum absolute atomic E-state index is 0.664. The molecule has 0 fully saturated rings. The van der Waals surface area contributed by atoms with Gasteiger partial charge < -0.3 is 4.84 Å². The van der Waals surface area contributed by atoms with Gasteiger partial charge in [-0.15, -0.1) is 0 Å². The van der Waals surface area contributed by atoms with Gasteiger partial charge in [0.1, 0.15) is 0 Å². The molecular formula is C14H11F3N2O. The summed E-state index contributed by atoms with van der Waals surface area (Å²) in [6.07, 6.45) is 1.72. The van der Waals surface area contributed by atoms with Crippen molar-refractivity contribution >= 4 is 6.08 Å². The molecular weight excluding hydrogens is 269 g/mol. The SMILES string of the molecule is C1=Cc2ccccc2ON1.FC(F)(F)c1ccncc1. The van der Waals surface area contributed by atoms with Crippen LogP contribution in [0.25, 0.3) is 6.08 Å². The summed E-state index contributed by atoms with van der Waals surface area (Å²) in [4.78, 5) is 8.55. The molecule has 1 N–H and O–H groups in total. The normalized spacial score (nSPS) is 12.3. The topological polar surface area (TPSA) is 34.1 Å². The third-order valence-electron chi connectivity index (χ3n) is 2.43. The number of halogens is 3. The number of hydroxylamine groups is 1. The fourth-order valence-corrected chi connectivity index (χ4v) is 1.47. The molecule has 1 aromatic heterocycles. The molecule has 1 aliphatic rings. The highest BCUT2D eigenvalue weighted by atomic mass is 19.4. The van der Waals surface area contributed by atoms with Crippen LogP contribution in [0.2, 0.25) is 0 Å². The molecule has 0 atom stereocenters. The lowest BCUT2D eigenvalue weighted by Gasteiger charge is -2.11. The van der Waals surface area contributed by atoms with Gasteiger partial charge in [-0.05, 0) is 24.3 Å². The Morgan fingerprint density at radius 2 is 1.70 bits per heavy atom. The van der Waals surface area contributed by atoms with Crippen LogP contribution in [0.1, 0.15) is 11.1 Å². The Kier molecular flexibility index (Phi) is 4.24. The Labute approximate surface area is 113 Å². The summed E-state index contributed by atoms with van der Waals surface area (Å²) in [5.41, 5.74) is 3.11. The lowest BCUT2D eigenvalue weighted by atomic mass is 10.2. The third kappa shape index (κ3) is 3.74. The largest absolute Gasteiger partial charge is 0.416 e. The van der Waals surface area contributed by atoms with E-state index in [9.17, 15) is 13.2 Å². The minimum Gasteiger partial charge on any atom is -0.382 e. The Bertz CT molecular complexity index is 582. The molecule has 20 heavy (non-hydrogen) atoms. The number of aromatic nitrogens is 1. The average Bonchev–Trinajstić information content (AvgIpc) is 2.48. The van der Waals surface area contributed by atoms with Gasteiger partial charge in [0.25, 0.3) is 0 Å². The van der Waals surface area contributed by atoms with Gasteiger partial charge in [-0.25, -0.2) is 5.48 Å². The molecule has 0 bridgehead atoms. The van der Waals surface area contributed by atoms with Crippen LogP contribution in [-0.4, -0.2) is 4.98 Å². The van der Waals surface area contributed by atoms with E-state index in [-0.39, 0.29) is 0 Å². The van der Waals surface area contributed by atoms with E-state index < -0.39 is 11.7 Å². The second kappa shape index (κ2) is 6.10. The van der Waals surface area contributed by atoms with Crippen LogP contribution in [0.4, 0.5) is 13.2 Å². The summed E-state index contributed by atoms with van der Waals surface area (Å²) < 4.78 is 35.3. The first-order valence-corrected chi connectivity index (χ1v) is 5.72. The van der Waals surface area contributed by atoms with E-state index >= 15 is 0 Å². The first-order chi connectivity index (χ1) is 9.57. The quantitative estimate of drug-likeness (QED) is 0.799. The van der Waals surface area contributed by atoms with Gasteiger partial charge >= 0.3 is 6.18 Å². The highest BCUT2D eigenvalue weighted by Gasteiger charge is 2.29. The van der Waals surface area contributed by atoms with Crippen LogP contribution in [0, 0.1) is 0 Å². The standard InChI is InChI=1S/C8H7NO.C6H4F3N/c1-2-4-8-7(3-1)5-6-9-10-8;7-6(8,9)5-1-3-10-4-2-5/h1-6,9H;1-4H. The Hall–Kier alpha value is -2.50. The fourth-order valence-electron chi connectivity index (χ4n) is 1.47. The van der Waals surface area contributed by atoms with Crippen LogP contribution < -0.4 is 10.3 Å². The minimum atomic E-state index is -4.25. The number of hydrogen-bond acceptors (Lipinski definition) is 3. The molecule has 3 nitrogen and oxygen atoms in total. The van der Waals surface area contributed by atoms with Gasteiger partial charge in [-0.2, -0.15) is 13.2 Å². The molecule has 0 saturated carbocycles. The van der Waals surface area contributed by atoms with Crippen molar-refractivity contribution in [3.05, 3.63) is 66.1 Å². The smallest absolute Gasteiger partial charge is 0.382 e. The molecule has 2 heterocycles. The van der Waals surface area contributed by atoms with Gasteiger partial charge in [0.2, 0.25) is 0 Å². The molecule has 0 unspecified atom stereocenters. The molecule has 1 aromatic carbocycles. The highest BCUT2D eigenvalue weighted by molar-refractivity contribution is 5.57. The number of nitrogens with one attached hydrogen (secondary N) is 1. The molecule has 0 amide bonds. The number of rotatable bonds is 0. The van der Waals surface area contributed by atoms with Crippen molar-refractivity contribution in [2.75, 3.05) is 0 Å². The van der Waals surface area contributed by atoms with E-state index in [1.807, 2.05) is 30.3 Å². The number of hydrogen-bond donors (Lipinski definition) is 1. The number of alkyl halides is 3. The van der Waals surface area contributed by atoms with Crippen LogP contribution in [-0.2, 0) is 6.18 Å². The molecule has 104 valence electrons. The van der Waals surface area contributed by atoms with E-state index in [0.717, 1.165) is 35.8 Å². The third-order valence-corrected chi connectivity index (χ3v) is 2.43. The molecule has 1 aliphatic heterocycles. The van der Waals surface area contributed by atoms with E-state index in [1.54, 1.807) is 6.20 Å². The van der Waals surface area contributed by atoms with Crippen molar-refractivity contribution in [1.29, 1.82) is 0 Å². The van der Waals surface area contributed by atoms with Crippen molar-refractivity contribution < 1.29 is 18.0 Å². The van der Waals surface area contributed by atoms with E-state index in [4.69, 9.17) is 4.84 Å². The zero-order valence-electron chi connectivity index (χ0n) is 10.3. The summed E-state index contributed by atoms with van der Waals surface area (Å²) >= 11 is 0. The molecule has 2 aromatic rings. The van der Waals surface area contributed by atoms with Gasteiger partial charge in [0, 0.05) is 24.2 Å². The molecule has 6 heteroatoms. The van der Waals surface area contributed by atoms with Crippen LogP contribution in [0.5, 0.6) is 5.75 Å². The maximum atomic E-state index is 11.8. The number of fused-ring (bicyclic) bond motifs is 1. The maximum Gasteiger partial charge on any atom is 0.416 e. The Balaban J connectivity index is 0.000000147. The second-order valence-corrected chi connectivity index (χ2v) is 3.82. The monoisotopic (exact) mass is 280 g/mol. The zero-order chi connectivity index (χ0) is 14.4. The molecule has 0 saturated heterocycles.